The molecule has 0 saturated carbocycles. The number of nitrogens with zero attached hydrogens (tertiary/aromatic N) is 1. The highest BCUT2D eigenvalue weighted by molar-refractivity contribution is 5.76. The van der Waals surface area contributed by atoms with Gasteiger partial charge in [-0.05, 0) is 32.6 Å². The van der Waals surface area contributed by atoms with Crippen LogP contribution in [0.2, 0.25) is 0 Å². The first-order chi connectivity index (χ1) is 9.65. The molecule has 0 aromatic carbocycles. The van der Waals surface area contributed by atoms with E-state index < -0.39 is 0 Å². The summed E-state index contributed by atoms with van der Waals surface area (Å²) in [7, 11) is 0. The minimum absolute atomic E-state index is 0.264. The van der Waals surface area contributed by atoms with Gasteiger partial charge in [0, 0.05) is 19.0 Å². The Bertz CT molecular complexity index is 266. The van der Waals surface area contributed by atoms with Crippen LogP contribution >= 0.6 is 0 Å². The van der Waals surface area contributed by atoms with Crippen LogP contribution in [0.25, 0.3) is 0 Å². The number of rotatable bonds is 8. The molecule has 0 aliphatic carbocycles. The summed E-state index contributed by atoms with van der Waals surface area (Å²) < 4.78 is 0. The van der Waals surface area contributed by atoms with Gasteiger partial charge in [0.05, 0.1) is 6.10 Å². The summed E-state index contributed by atoms with van der Waals surface area (Å²) in [5.41, 5.74) is 0. The van der Waals surface area contributed by atoms with E-state index in [-0.39, 0.29) is 12.1 Å². The third-order valence-electron chi connectivity index (χ3n) is 4.30. The van der Waals surface area contributed by atoms with Crippen molar-refractivity contribution in [1.29, 1.82) is 0 Å². The van der Waals surface area contributed by atoms with Gasteiger partial charge in [-0.25, -0.2) is 0 Å². The zero-order valence-electron chi connectivity index (χ0n) is 13.4. The molecule has 20 heavy (non-hydrogen) atoms. The van der Waals surface area contributed by atoms with Crippen molar-refractivity contribution in [2.75, 3.05) is 6.54 Å². The maximum Gasteiger partial charge on any atom is 0.222 e. The van der Waals surface area contributed by atoms with Gasteiger partial charge in [0.15, 0.2) is 0 Å². The second-order valence-electron chi connectivity index (χ2n) is 6.34. The number of amides is 1. The molecule has 0 radical (unpaired) electrons. The number of hydrogen-bond donors (Lipinski definition) is 1. The first-order valence-electron chi connectivity index (χ1n) is 8.62. The molecule has 0 aromatic heterocycles. The summed E-state index contributed by atoms with van der Waals surface area (Å²) in [5, 5.41) is 9.63. The van der Waals surface area contributed by atoms with E-state index in [1.807, 2.05) is 6.92 Å². The van der Waals surface area contributed by atoms with Gasteiger partial charge in [0.2, 0.25) is 5.91 Å². The number of hydrogen-bond acceptors (Lipinski definition) is 2. The highest BCUT2D eigenvalue weighted by atomic mass is 16.3. The van der Waals surface area contributed by atoms with Gasteiger partial charge in [-0.15, -0.1) is 0 Å². The molecular formula is C17H33NO2. The molecule has 1 aliphatic heterocycles. The fourth-order valence-corrected chi connectivity index (χ4v) is 3.17. The van der Waals surface area contributed by atoms with Gasteiger partial charge in [0.25, 0.3) is 0 Å². The molecular weight excluding hydrogens is 250 g/mol. The number of aliphatic hydroxyl groups is 1. The lowest BCUT2D eigenvalue weighted by atomic mass is 10.0. The van der Waals surface area contributed by atoms with Crippen molar-refractivity contribution in [1.82, 2.24) is 4.90 Å². The van der Waals surface area contributed by atoms with Gasteiger partial charge in [-0.3, -0.25) is 4.79 Å². The van der Waals surface area contributed by atoms with Crippen LogP contribution in [0, 0.1) is 0 Å². The van der Waals surface area contributed by atoms with Crippen LogP contribution < -0.4 is 0 Å². The minimum atomic E-state index is -0.307. The van der Waals surface area contributed by atoms with E-state index in [0.717, 1.165) is 32.2 Å². The molecule has 2 atom stereocenters. The van der Waals surface area contributed by atoms with Crippen molar-refractivity contribution >= 4 is 5.91 Å². The van der Waals surface area contributed by atoms with Gasteiger partial charge in [-0.2, -0.15) is 0 Å². The molecule has 0 bridgehead atoms. The fourth-order valence-electron chi connectivity index (χ4n) is 3.17. The van der Waals surface area contributed by atoms with Crippen molar-refractivity contribution in [3.05, 3.63) is 0 Å². The molecule has 2 unspecified atom stereocenters. The van der Waals surface area contributed by atoms with Crippen LogP contribution in [0.5, 0.6) is 0 Å². The molecule has 1 saturated heterocycles. The second kappa shape index (κ2) is 10.2. The quantitative estimate of drug-likeness (QED) is 0.687. The predicted octanol–water partition coefficient (Wildman–Crippen LogP) is 3.89. The Morgan fingerprint density at radius 2 is 1.95 bits per heavy atom. The summed E-state index contributed by atoms with van der Waals surface area (Å²) in [6, 6.07) is 0.264. The third kappa shape index (κ3) is 6.74. The summed E-state index contributed by atoms with van der Waals surface area (Å²) >= 11 is 0. The summed E-state index contributed by atoms with van der Waals surface area (Å²) in [5.74, 6) is 0.314. The van der Waals surface area contributed by atoms with Crippen molar-refractivity contribution < 1.29 is 9.90 Å². The number of carbonyl (C=O) groups is 1. The molecule has 1 N–H and O–H groups in total. The highest BCUT2D eigenvalue weighted by Gasteiger charge is 2.25. The first kappa shape index (κ1) is 17.5. The van der Waals surface area contributed by atoms with Crippen LogP contribution in [0.1, 0.15) is 84.5 Å². The molecule has 3 heteroatoms. The third-order valence-corrected chi connectivity index (χ3v) is 4.30. The Morgan fingerprint density at radius 1 is 1.20 bits per heavy atom. The average Bonchev–Trinajstić information content (AvgIpc) is 2.63. The van der Waals surface area contributed by atoms with Crippen LogP contribution in [0.4, 0.5) is 0 Å². The Kier molecular flexibility index (Phi) is 8.92. The largest absolute Gasteiger partial charge is 0.393 e. The smallest absolute Gasteiger partial charge is 0.222 e. The number of carbonyl (C=O) groups excluding carboxylic acids is 1. The van der Waals surface area contributed by atoms with E-state index in [2.05, 4.69) is 11.8 Å². The topological polar surface area (TPSA) is 40.5 Å². The number of unbranched alkanes of at least 4 members (excludes halogenated alkanes) is 4. The van der Waals surface area contributed by atoms with Crippen LogP contribution in [0.3, 0.4) is 0 Å². The number of aliphatic hydroxyl groups excluding tert-OH is 1. The van der Waals surface area contributed by atoms with Crippen molar-refractivity contribution in [2.45, 2.75) is 96.6 Å². The standard InChI is InChI=1S/C17H33NO2/c1-3-4-5-6-9-12-17(20)18-13-10-7-8-11-16(18)14-15(2)19/h15-16,19H,3-14H2,1-2H3. The fraction of sp³-hybridized carbons (Fsp3) is 0.941. The van der Waals surface area contributed by atoms with Gasteiger partial charge in [-0.1, -0.05) is 45.4 Å². The lowest BCUT2D eigenvalue weighted by Crippen LogP contribution is -2.41. The maximum absolute atomic E-state index is 12.4. The van der Waals surface area contributed by atoms with E-state index in [4.69, 9.17) is 0 Å². The average molecular weight is 283 g/mol. The highest BCUT2D eigenvalue weighted by Crippen LogP contribution is 2.22. The van der Waals surface area contributed by atoms with Crippen molar-refractivity contribution in [3.63, 3.8) is 0 Å². The van der Waals surface area contributed by atoms with Gasteiger partial charge >= 0.3 is 0 Å². The SMILES string of the molecule is CCCCCCCC(=O)N1CCCCCC1CC(C)O. The van der Waals surface area contributed by atoms with E-state index in [9.17, 15) is 9.90 Å². The predicted molar refractivity (Wildman–Crippen MR) is 83.6 cm³/mol. The molecule has 1 heterocycles. The molecule has 3 nitrogen and oxygen atoms in total. The van der Waals surface area contributed by atoms with E-state index >= 15 is 0 Å². The zero-order chi connectivity index (χ0) is 14.8. The first-order valence-corrected chi connectivity index (χ1v) is 8.62. The lowest BCUT2D eigenvalue weighted by Gasteiger charge is -2.31. The summed E-state index contributed by atoms with van der Waals surface area (Å²) in [6.45, 7) is 4.94. The number of likely N-dealkylation sites (tertiary alicyclic amines) is 1. The Hall–Kier alpha value is -0.570. The van der Waals surface area contributed by atoms with Crippen LogP contribution in [0.15, 0.2) is 0 Å². The van der Waals surface area contributed by atoms with Crippen LogP contribution in [-0.2, 0) is 4.79 Å². The second-order valence-corrected chi connectivity index (χ2v) is 6.34. The molecule has 1 aliphatic rings. The summed E-state index contributed by atoms with van der Waals surface area (Å²) in [4.78, 5) is 14.5. The van der Waals surface area contributed by atoms with E-state index in [1.165, 1.54) is 38.5 Å². The Labute approximate surface area is 124 Å². The molecule has 118 valence electrons. The molecule has 1 rings (SSSR count). The molecule has 0 spiro atoms. The van der Waals surface area contributed by atoms with Gasteiger partial charge in [0.1, 0.15) is 0 Å². The van der Waals surface area contributed by atoms with Crippen LogP contribution in [-0.4, -0.2) is 34.6 Å². The normalized spacial score (nSPS) is 21.6. The lowest BCUT2D eigenvalue weighted by molar-refractivity contribution is -0.134. The summed E-state index contributed by atoms with van der Waals surface area (Å²) in [6.07, 6.45) is 11.7. The van der Waals surface area contributed by atoms with Crippen molar-refractivity contribution in [3.8, 4) is 0 Å². The Balaban J connectivity index is 2.39. The maximum atomic E-state index is 12.4. The van der Waals surface area contributed by atoms with Crippen molar-refractivity contribution in [2.24, 2.45) is 0 Å². The van der Waals surface area contributed by atoms with E-state index in [1.54, 1.807) is 0 Å². The monoisotopic (exact) mass is 283 g/mol. The Morgan fingerprint density at radius 3 is 2.65 bits per heavy atom. The molecule has 1 fully saturated rings. The van der Waals surface area contributed by atoms with E-state index in [0.29, 0.717) is 12.3 Å². The molecule has 0 aromatic rings. The zero-order valence-corrected chi connectivity index (χ0v) is 13.4. The van der Waals surface area contributed by atoms with Gasteiger partial charge < -0.3 is 10.0 Å². The molecule has 1 amide bonds. The minimum Gasteiger partial charge on any atom is -0.393 e.